The van der Waals surface area contributed by atoms with Crippen molar-refractivity contribution >= 4 is 0 Å². The van der Waals surface area contributed by atoms with Crippen LogP contribution in [0.4, 0.5) is 0 Å². The molecule has 2 aromatic rings. The monoisotopic (exact) mass is 287 g/mol. The van der Waals surface area contributed by atoms with Crippen molar-refractivity contribution in [2.75, 3.05) is 13.7 Å². The lowest BCUT2D eigenvalue weighted by Gasteiger charge is -2.22. The first-order chi connectivity index (χ1) is 10.2. The Hall–Kier alpha value is -1.81. The second-order valence-corrected chi connectivity index (χ2v) is 5.32. The topological polar surface area (TPSA) is 39.1 Å². The molecule has 1 heterocycles. The van der Waals surface area contributed by atoms with Gasteiger partial charge in [-0.1, -0.05) is 25.1 Å². The molecule has 0 fully saturated rings. The highest BCUT2D eigenvalue weighted by Gasteiger charge is 2.17. The molecule has 0 aliphatic rings. The van der Waals surface area contributed by atoms with Gasteiger partial charge in [-0.15, -0.1) is 0 Å². The van der Waals surface area contributed by atoms with Crippen LogP contribution in [0, 0.1) is 13.8 Å². The van der Waals surface area contributed by atoms with E-state index < -0.39 is 0 Å². The predicted molar refractivity (Wildman–Crippen MR) is 85.7 cm³/mol. The van der Waals surface area contributed by atoms with Gasteiger partial charge in [0.05, 0.1) is 25.2 Å². The van der Waals surface area contributed by atoms with Gasteiger partial charge >= 0.3 is 0 Å². The number of benzene rings is 1. The molecule has 0 saturated carbocycles. The van der Waals surface area contributed by atoms with E-state index in [1.54, 1.807) is 7.11 Å². The molecule has 4 heteroatoms. The molecule has 1 aromatic heterocycles. The third kappa shape index (κ3) is 3.64. The highest BCUT2D eigenvalue weighted by atomic mass is 16.5. The number of methoxy groups -OCH3 is 1. The molecule has 0 amide bonds. The minimum Gasteiger partial charge on any atom is -0.496 e. The number of nitrogens with zero attached hydrogens (tertiary/aromatic N) is 2. The molecule has 0 radical (unpaired) electrons. The maximum absolute atomic E-state index is 5.51. The summed E-state index contributed by atoms with van der Waals surface area (Å²) in [6.45, 7) is 8.17. The van der Waals surface area contributed by atoms with E-state index in [4.69, 9.17) is 4.74 Å². The number of aryl methyl sites for hydroxylation is 1. The van der Waals surface area contributed by atoms with E-state index in [-0.39, 0.29) is 6.04 Å². The Balaban J connectivity index is 2.27. The second kappa shape index (κ2) is 7.27. The number of hydrogen-bond donors (Lipinski definition) is 1. The Morgan fingerprint density at radius 3 is 2.67 bits per heavy atom. The number of imidazole rings is 1. The van der Waals surface area contributed by atoms with Gasteiger partial charge in [-0.2, -0.15) is 0 Å². The molecule has 21 heavy (non-hydrogen) atoms. The lowest BCUT2D eigenvalue weighted by atomic mass is 10.1. The summed E-state index contributed by atoms with van der Waals surface area (Å²) in [7, 11) is 1.72. The highest BCUT2D eigenvalue weighted by Crippen LogP contribution is 2.26. The third-order valence-electron chi connectivity index (χ3n) is 3.88. The average molecular weight is 287 g/mol. The van der Waals surface area contributed by atoms with Gasteiger partial charge in [-0.05, 0) is 32.9 Å². The maximum Gasteiger partial charge on any atom is 0.123 e. The summed E-state index contributed by atoms with van der Waals surface area (Å²) in [4.78, 5) is 4.39. The molecule has 1 atom stereocenters. The van der Waals surface area contributed by atoms with Gasteiger partial charge in [0.15, 0.2) is 0 Å². The largest absolute Gasteiger partial charge is 0.496 e. The standard InChI is InChI=1S/C17H25N3O/c1-5-10-18-16(11-20-12-19-13(2)14(20)3)15-8-6-7-9-17(15)21-4/h6-9,12,16,18H,5,10-11H2,1-4H3. The van der Waals surface area contributed by atoms with Crippen LogP contribution >= 0.6 is 0 Å². The first kappa shape index (κ1) is 15.6. The van der Waals surface area contributed by atoms with Crippen molar-refractivity contribution in [2.24, 2.45) is 0 Å². The molecule has 1 aromatic carbocycles. The van der Waals surface area contributed by atoms with Crippen LogP contribution in [0.25, 0.3) is 0 Å². The molecule has 0 aliphatic heterocycles. The smallest absolute Gasteiger partial charge is 0.123 e. The second-order valence-electron chi connectivity index (χ2n) is 5.32. The van der Waals surface area contributed by atoms with Crippen molar-refractivity contribution in [2.45, 2.75) is 39.8 Å². The summed E-state index contributed by atoms with van der Waals surface area (Å²) in [6, 6.07) is 8.43. The number of ether oxygens (including phenoxy) is 1. The third-order valence-corrected chi connectivity index (χ3v) is 3.88. The van der Waals surface area contributed by atoms with Crippen molar-refractivity contribution < 1.29 is 4.74 Å². The molecule has 114 valence electrons. The number of hydrogen-bond acceptors (Lipinski definition) is 3. The molecule has 0 saturated heterocycles. The summed E-state index contributed by atoms with van der Waals surface area (Å²) in [6.07, 6.45) is 3.02. The Kier molecular flexibility index (Phi) is 5.39. The average Bonchev–Trinajstić information content (AvgIpc) is 2.83. The van der Waals surface area contributed by atoms with Crippen LogP contribution in [0.5, 0.6) is 5.75 Å². The summed E-state index contributed by atoms with van der Waals surface area (Å²) in [5, 5.41) is 3.62. The molecule has 4 nitrogen and oxygen atoms in total. The summed E-state index contributed by atoms with van der Waals surface area (Å²) < 4.78 is 7.72. The van der Waals surface area contributed by atoms with Crippen LogP contribution in [-0.4, -0.2) is 23.2 Å². The number of rotatable bonds is 7. The van der Waals surface area contributed by atoms with Gasteiger partial charge in [-0.25, -0.2) is 4.98 Å². The van der Waals surface area contributed by atoms with Crippen molar-refractivity contribution in [1.82, 2.24) is 14.9 Å². The molecule has 0 bridgehead atoms. The van der Waals surface area contributed by atoms with Crippen LogP contribution in [0.1, 0.15) is 36.3 Å². The Morgan fingerprint density at radius 1 is 1.29 bits per heavy atom. The zero-order chi connectivity index (χ0) is 15.2. The van der Waals surface area contributed by atoms with Gasteiger partial charge < -0.3 is 14.6 Å². The van der Waals surface area contributed by atoms with Crippen molar-refractivity contribution in [3.63, 3.8) is 0 Å². The first-order valence-electron chi connectivity index (χ1n) is 7.52. The zero-order valence-electron chi connectivity index (χ0n) is 13.4. The number of nitrogens with one attached hydrogen (secondary N) is 1. The summed E-state index contributed by atoms with van der Waals surface area (Å²) in [5.74, 6) is 0.931. The molecular weight excluding hydrogens is 262 g/mol. The fourth-order valence-corrected chi connectivity index (χ4v) is 2.47. The number of para-hydroxylation sites is 1. The quantitative estimate of drug-likeness (QED) is 0.849. The van der Waals surface area contributed by atoms with E-state index in [0.717, 1.165) is 31.0 Å². The molecular formula is C17H25N3O. The van der Waals surface area contributed by atoms with Crippen LogP contribution in [0.2, 0.25) is 0 Å². The fourth-order valence-electron chi connectivity index (χ4n) is 2.47. The van der Waals surface area contributed by atoms with Crippen LogP contribution in [0.15, 0.2) is 30.6 Å². The minimum absolute atomic E-state index is 0.216. The Bertz CT molecular complexity index is 577. The summed E-state index contributed by atoms with van der Waals surface area (Å²) in [5.41, 5.74) is 3.50. The van der Waals surface area contributed by atoms with Crippen molar-refractivity contribution in [3.05, 3.63) is 47.5 Å². The van der Waals surface area contributed by atoms with Crippen molar-refractivity contribution in [1.29, 1.82) is 0 Å². The van der Waals surface area contributed by atoms with Gasteiger partial charge in [0.1, 0.15) is 5.75 Å². The number of aromatic nitrogens is 2. The van der Waals surface area contributed by atoms with Gasteiger partial charge in [0.2, 0.25) is 0 Å². The molecule has 1 N–H and O–H groups in total. The normalized spacial score (nSPS) is 12.4. The van der Waals surface area contributed by atoms with E-state index in [9.17, 15) is 0 Å². The van der Waals surface area contributed by atoms with E-state index in [2.05, 4.69) is 40.8 Å². The first-order valence-corrected chi connectivity index (χ1v) is 7.52. The molecule has 1 unspecified atom stereocenters. The van der Waals surface area contributed by atoms with Crippen molar-refractivity contribution in [3.8, 4) is 5.75 Å². The Morgan fingerprint density at radius 2 is 2.05 bits per heavy atom. The maximum atomic E-state index is 5.51. The lowest BCUT2D eigenvalue weighted by Crippen LogP contribution is -2.27. The predicted octanol–water partition coefficient (Wildman–Crippen LogP) is 3.25. The molecule has 2 rings (SSSR count). The van der Waals surface area contributed by atoms with Gasteiger partial charge in [0, 0.05) is 17.8 Å². The van der Waals surface area contributed by atoms with Crippen LogP contribution < -0.4 is 10.1 Å². The molecule has 0 spiro atoms. The van der Waals surface area contributed by atoms with E-state index in [1.807, 2.05) is 25.4 Å². The van der Waals surface area contributed by atoms with Gasteiger partial charge in [0.25, 0.3) is 0 Å². The van der Waals surface area contributed by atoms with Gasteiger partial charge in [-0.3, -0.25) is 0 Å². The SMILES string of the molecule is CCCNC(Cn1cnc(C)c1C)c1ccccc1OC. The zero-order valence-corrected chi connectivity index (χ0v) is 13.4. The van der Waals surface area contributed by atoms with Crippen LogP contribution in [0.3, 0.4) is 0 Å². The van der Waals surface area contributed by atoms with Crippen LogP contribution in [-0.2, 0) is 6.54 Å². The van der Waals surface area contributed by atoms with E-state index in [1.165, 1.54) is 11.3 Å². The molecule has 0 aliphatic carbocycles. The lowest BCUT2D eigenvalue weighted by molar-refractivity contribution is 0.388. The Labute approximate surface area is 127 Å². The minimum atomic E-state index is 0.216. The summed E-state index contributed by atoms with van der Waals surface area (Å²) >= 11 is 0. The fraction of sp³-hybridized carbons (Fsp3) is 0.471. The van der Waals surface area contributed by atoms with E-state index >= 15 is 0 Å². The highest BCUT2D eigenvalue weighted by molar-refractivity contribution is 5.36. The van der Waals surface area contributed by atoms with E-state index in [0.29, 0.717) is 0 Å².